The fraction of sp³-hybridized carbons (Fsp3) is 0.643. The van der Waals surface area contributed by atoms with E-state index in [0.29, 0.717) is 18.3 Å². The molecular formula is C14H22F3N3S. The number of aromatic nitrogens is 1. The number of hydrogen-bond donors (Lipinski definition) is 2. The predicted molar refractivity (Wildman–Crippen MR) is 84.1 cm³/mol. The lowest BCUT2D eigenvalue weighted by Crippen LogP contribution is -2.13. The molecule has 0 radical (unpaired) electrons. The van der Waals surface area contributed by atoms with Crippen LogP contribution in [0.3, 0.4) is 0 Å². The van der Waals surface area contributed by atoms with E-state index >= 15 is 0 Å². The average molecular weight is 321 g/mol. The van der Waals surface area contributed by atoms with Gasteiger partial charge in [-0.25, -0.2) is 4.98 Å². The van der Waals surface area contributed by atoms with Gasteiger partial charge in [-0.1, -0.05) is 13.8 Å². The molecular weight excluding hydrogens is 299 g/mol. The minimum atomic E-state index is -4.37. The summed E-state index contributed by atoms with van der Waals surface area (Å²) >= 11 is 1.73. The van der Waals surface area contributed by atoms with Crippen molar-refractivity contribution in [1.82, 2.24) is 4.98 Å². The lowest BCUT2D eigenvalue weighted by atomic mass is 10.2. The van der Waals surface area contributed by atoms with Crippen LogP contribution in [0.15, 0.2) is 12.1 Å². The smallest absolute Gasteiger partial charge is 0.370 e. The highest BCUT2D eigenvalue weighted by molar-refractivity contribution is 7.99. The molecule has 1 aromatic heterocycles. The molecule has 21 heavy (non-hydrogen) atoms. The molecule has 0 aliphatic heterocycles. The molecule has 0 aliphatic rings. The van der Waals surface area contributed by atoms with Crippen LogP contribution in [0, 0.1) is 0 Å². The third kappa shape index (κ3) is 6.46. The zero-order chi connectivity index (χ0) is 15.9. The highest BCUT2D eigenvalue weighted by Gasteiger charge is 2.31. The van der Waals surface area contributed by atoms with Crippen LogP contribution in [-0.2, 0) is 6.18 Å². The first-order chi connectivity index (χ1) is 9.86. The van der Waals surface area contributed by atoms with Crippen molar-refractivity contribution in [2.45, 2.75) is 38.1 Å². The van der Waals surface area contributed by atoms with E-state index in [0.717, 1.165) is 25.0 Å². The van der Waals surface area contributed by atoms with Gasteiger partial charge in [-0.3, -0.25) is 0 Å². The molecule has 0 spiro atoms. The molecule has 1 heterocycles. The van der Waals surface area contributed by atoms with E-state index in [-0.39, 0.29) is 11.6 Å². The third-order valence-electron chi connectivity index (χ3n) is 2.97. The van der Waals surface area contributed by atoms with Crippen LogP contribution in [0.2, 0.25) is 0 Å². The summed E-state index contributed by atoms with van der Waals surface area (Å²) < 4.78 is 38.7. The molecule has 1 aromatic rings. The van der Waals surface area contributed by atoms with Gasteiger partial charge in [0, 0.05) is 18.3 Å². The van der Waals surface area contributed by atoms with Crippen LogP contribution < -0.4 is 10.6 Å². The van der Waals surface area contributed by atoms with Gasteiger partial charge in [-0.15, -0.1) is 0 Å². The van der Waals surface area contributed by atoms with Gasteiger partial charge in [-0.2, -0.15) is 24.9 Å². The highest BCUT2D eigenvalue weighted by Crippen LogP contribution is 2.32. The van der Waals surface area contributed by atoms with Crippen molar-refractivity contribution in [3.05, 3.63) is 17.7 Å². The molecule has 0 bridgehead atoms. The summed E-state index contributed by atoms with van der Waals surface area (Å²) in [6.07, 6.45) is -0.655. The number of alkyl halides is 3. The van der Waals surface area contributed by atoms with Crippen LogP contribution in [-0.4, -0.2) is 29.6 Å². The SMILES string of the molecule is CCCNc1cc(C(F)(F)F)cc(NCCC(C)SC)n1. The summed E-state index contributed by atoms with van der Waals surface area (Å²) in [7, 11) is 0. The van der Waals surface area contributed by atoms with E-state index in [1.807, 2.05) is 13.2 Å². The van der Waals surface area contributed by atoms with Gasteiger partial charge >= 0.3 is 6.18 Å². The standard InChI is InChI=1S/C14H22F3N3S/c1-4-6-18-12-8-11(14(15,16)17)9-13(20-12)19-7-5-10(2)21-3/h8-10H,4-7H2,1-3H3,(H2,18,19,20). The maximum Gasteiger partial charge on any atom is 0.416 e. The summed E-state index contributed by atoms with van der Waals surface area (Å²) in [6.45, 7) is 5.23. The van der Waals surface area contributed by atoms with E-state index in [1.165, 1.54) is 0 Å². The van der Waals surface area contributed by atoms with Crippen molar-refractivity contribution in [3.8, 4) is 0 Å². The van der Waals surface area contributed by atoms with Crippen LogP contribution in [0.4, 0.5) is 24.8 Å². The molecule has 0 aliphatic carbocycles. The van der Waals surface area contributed by atoms with E-state index < -0.39 is 11.7 Å². The summed E-state index contributed by atoms with van der Waals surface area (Å²) in [6, 6.07) is 2.10. The van der Waals surface area contributed by atoms with Crippen molar-refractivity contribution in [3.63, 3.8) is 0 Å². The first-order valence-electron chi connectivity index (χ1n) is 6.96. The molecule has 0 saturated carbocycles. The van der Waals surface area contributed by atoms with Gasteiger partial charge in [0.25, 0.3) is 0 Å². The second-order valence-corrected chi connectivity index (χ2v) is 6.09. The molecule has 1 rings (SSSR count). The Labute approximate surface area is 128 Å². The van der Waals surface area contributed by atoms with Gasteiger partial charge in [0.2, 0.25) is 0 Å². The summed E-state index contributed by atoms with van der Waals surface area (Å²) in [4.78, 5) is 4.18. The first kappa shape index (κ1) is 17.9. The quantitative estimate of drug-likeness (QED) is 0.740. The summed E-state index contributed by atoms with van der Waals surface area (Å²) in [5, 5.41) is 6.34. The molecule has 2 N–H and O–H groups in total. The molecule has 120 valence electrons. The third-order valence-corrected chi connectivity index (χ3v) is 4.01. The Morgan fingerprint density at radius 2 is 1.76 bits per heavy atom. The maximum absolute atomic E-state index is 12.9. The Bertz CT molecular complexity index is 438. The van der Waals surface area contributed by atoms with E-state index in [1.54, 1.807) is 11.8 Å². The van der Waals surface area contributed by atoms with Crippen molar-refractivity contribution in [2.24, 2.45) is 0 Å². The van der Waals surface area contributed by atoms with E-state index in [4.69, 9.17) is 0 Å². The number of rotatable bonds is 8. The first-order valence-corrected chi connectivity index (χ1v) is 8.25. The van der Waals surface area contributed by atoms with Crippen molar-refractivity contribution < 1.29 is 13.2 Å². The Kier molecular flexibility index (Phi) is 7.14. The number of nitrogens with one attached hydrogen (secondary N) is 2. The Morgan fingerprint density at radius 3 is 2.24 bits per heavy atom. The topological polar surface area (TPSA) is 37.0 Å². The summed E-state index contributed by atoms with van der Waals surface area (Å²) in [5.74, 6) is 0.517. The molecule has 1 atom stereocenters. The second-order valence-electron chi connectivity index (χ2n) is 4.81. The monoisotopic (exact) mass is 321 g/mol. The molecule has 7 heteroatoms. The van der Waals surface area contributed by atoms with E-state index in [2.05, 4.69) is 22.5 Å². The fourth-order valence-corrected chi connectivity index (χ4v) is 2.00. The predicted octanol–water partition coefficient (Wildman–Crippen LogP) is 4.48. The maximum atomic E-state index is 12.9. The number of thioether (sulfide) groups is 1. The normalized spacial score (nSPS) is 13.0. The van der Waals surface area contributed by atoms with Gasteiger partial charge < -0.3 is 10.6 Å². The van der Waals surface area contributed by atoms with Gasteiger partial charge in [0.05, 0.1) is 5.56 Å². The molecule has 1 unspecified atom stereocenters. The van der Waals surface area contributed by atoms with Crippen LogP contribution >= 0.6 is 11.8 Å². The molecule has 0 aromatic carbocycles. The molecule has 0 fully saturated rings. The fourth-order valence-electron chi connectivity index (χ4n) is 1.65. The largest absolute Gasteiger partial charge is 0.416 e. The minimum absolute atomic E-state index is 0.257. The summed E-state index contributed by atoms with van der Waals surface area (Å²) in [5.41, 5.74) is -0.684. The number of nitrogens with zero attached hydrogens (tertiary/aromatic N) is 1. The lowest BCUT2D eigenvalue weighted by Gasteiger charge is -2.14. The van der Waals surface area contributed by atoms with Crippen molar-refractivity contribution >= 4 is 23.4 Å². The number of hydrogen-bond acceptors (Lipinski definition) is 4. The Balaban J connectivity index is 2.81. The Hall–Kier alpha value is -1.11. The molecule has 0 saturated heterocycles. The average Bonchev–Trinajstić information content (AvgIpc) is 2.43. The Morgan fingerprint density at radius 1 is 1.19 bits per heavy atom. The van der Waals surface area contributed by atoms with Crippen molar-refractivity contribution in [2.75, 3.05) is 30.0 Å². The zero-order valence-corrected chi connectivity index (χ0v) is 13.4. The van der Waals surface area contributed by atoms with Crippen LogP contribution in [0.5, 0.6) is 0 Å². The van der Waals surface area contributed by atoms with Gasteiger partial charge in [0.15, 0.2) is 0 Å². The molecule has 0 amide bonds. The van der Waals surface area contributed by atoms with Gasteiger partial charge in [0.1, 0.15) is 11.6 Å². The lowest BCUT2D eigenvalue weighted by molar-refractivity contribution is -0.137. The van der Waals surface area contributed by atoms with E-state index in [9.17, 15) is 13.2 Å². The second kappa shape index (κ2) is 8.36. The van der Waals surface area contributed by atoms with Crippen LogP contribution in [0.25, 0.3) is 0 Å². The minimum Gasteiger partial charge on any atom is -0.370 e. The number of halogens is 3. The van der Waals surface area contributed by atoms with Crippen molar-refractivity contribution in [1.29, 1.82) is 0 Å². The number of pyridine rings is 1. The highest BCUT2D eigenvalue weighted by atomic mass is 32.2. The molecule has 3 nitrogen and oxygen atoms in total. The number of anilines is 2. The van der Waals surface area contributed by atoms with Gasteiger partial charge in [-0.05, 0) is 31.2 Å². The van der Waals surface area contributed by atoms with Crippen LogP contribution in [0.1, 0.15) is 32.3 Å². The zero-order valence-electron chi connectivity index (χ0n) is 12.5.